The number of amides is 4. The minimum atomic E-state index is -1.14. The minimum Gasteiger partial charge on any atom is -0.497 e. The molecule has 4 amide bonds. The van der Waals surface area contributed by atoms with Crippen molar-refractivity contribution in [2.45, 2.75) is 44.6 Å². The molecule has 0 bridgehead atoms. The quantitative estimate of drug-likeness (QED) is 0.803. The summed E-state index contributed by atoms with van der Waals surface area (Å²) in [5, 5.41) is 2.82. The zero-order valence-corrected chi connectivity index (χ0v) is 16.0. The van der Waals surface area contributed by atoms with Gasteiger partial charge in [-0.2, -0.15) is 0 Å². The molecule has 7 nitrogen and oxygen atoms in total. The number of hydrogen-bond donors (Lipinski definition) is 1. The Morgan fingerprint density at radius 3 is 2.30 bits per heavy atom. The summed E-state index contributed by atoms with van der Waals surface area (Å²) in [7, 11) is 1.57. The standard InChI is InChI=1S/C20H27N3O4/c1-3-20(15-8-10-16(27-2)11-9-15)18(25)23(19(26)21-20)14-17(24)22-12-6-4-5-7-13-22/h8-11H,3-7,12-14H2,1-2H3,(H,21,26). The summed E-state index contributed by atoms with van der Waals surface area (Å²) in [6.07, 6.45) is 4.57. The lowest BCUT2D eigenvalue weighted by Crippen LogP contribution is -2.45. The van der Waals surface area contributed by atoms with Gasteiger partial charge in [0.2, 0.25) is 5.91 Å². The molecule has 0 saturated carbocycles. The van der Waals surface area contributed by atoms with E-state index in [4.69, 9.17) is 4.74 Å². The lowest BCUT2D eigenvalue weighted by atomic mass is 9.87. The number of imide groups is 1. The second kappa shape index (κ2) is 7.98. The van der Waals surface area contributed by atoms with Crippen LogP contribution in [0.4, 0.5) is 4.79 Å². The van der Waals surface area contributed by atoms with E-state index in [1.54, 1.807) is 36.3 Å². The summed E-state index contributed by atoms with van der Waals surface area (Å²) in [6, 6.07) is 6.57. The van der Waals surface area contributed by atoms with Gasteiger partial charge in [-0.1, -0.05) is 31.9 Å². The van der Waals surface area contributed by atoms with Gasteiger partial charge in [-0.3, -0.25) is 14.5 Å². The molecule has 0 spiro atoms. The van der Waals surface area contributed by atoms with Gasteiger partial charge < -0.3 is 15.0 Å². The van der Waals surface area contributed by atoms with Crippen molar-refractivity contribution in [3.05, 3.63) is 29.8 Å². The van der Waals surface area contributed by atoms with Crippen molar-refractivity contribution in [2.24, 2.45) is 0 Å². The summed E-state index contributed by atoms with van der Waals surface area (Å²) in [4.78, 5) is 41.2. The first-order valence-electron chi connectivity index (χ1n) is 9.58. The zero-order valence-electron chi connectivity index (χ0n) is 16.0. The molecule has 27 heavy (non-hydrogen) atoms. The topological polar surface area (TPSA) is 79.0 Å². The van der Waals surface area contributed by atoms with E-state index < -0.39 is 11.6 Å². The summed E-state index contributed by atoms with van der Waals surface area (Å²) in [5.74, 6) is 0.139. The van der Waals surface area contributed by atoms with E-state index in [-0.39, 0.29) is 18.4 Å². The van der Waals surface area contributed by atoms with Crippen LogP contribution in [0.3, 0.4) is 0 Å². The highest BCUT2D eigenvalue weighted by atomic mass is 16.5. The van der Waals surface area contributed by atoms with Crippen LogP contribution in [-0.4, -0.2) is 54.4 Å². The Kier molecular flexibility index (Phi) is 5.68. The summed E-state index contributed by atoms with van der Waals surface area (Å²) >= 11 is 0. The van der Waals surface area contributed by atoms with E-state index in [1.807, 2.05) is 6.92 Å². The Morgan fingerprint density at radius 1 is 1.11 bits per heavy atom. The number of ether oxygens (including phenoxy) is 1. The molecular weight excluding hydrogens is 346 g/mol. The molecule has 1 atom stereocenters. The maximum Gasteiger partial charge on any atom is 0.325 e. The van der Waals surface area contributed by atoms with Crippen molar-refractivity contribution in [3.63, 3.8) is 0 Å². The van der Waals surface area contributed by atoms with Crippen LogP contribution in [0.5, 0.6) is 5.75 Å². The van der Waals surface area contributed by atoms with Crippen molar-refractivity contribution in [3.8, 4) is 5.75 Å². The van der Waals surface area contributed by atoms with Gasteiger partial charge in [-0.05, 0) is 37.0 Å². The molecule has 3 rings (SSSR count). The Balaban J connectivity index is 1.78. The van der Waals surface area contributed by atoms with Crippen molar-refractivity contribution < 1.29 is 19.1 Å². The number of likely N-dealkylation sites (tertiary alicyclic amines) is 1. The van der Waals surface area contributed by atoms with E-state index in [0.717, 1.165) is 30.6 Å². The lowest BCUT2D eigenvalue weighted by molar-refractivity contribution is -0.139. The molecule has 2 heterocycles. The summed E-state index contributed by atoms with van der Waals surface area (Å²) in [6.45, 7) is 3.03. The second-order valence-electron chi connectivity index (χ2n) is 7.10. The largest absolute Gasteiger partial charge is 0.497 e. The molecular formula is C20H27N3O4. The number of benzene rings is 1. The zero-order chi connectivity index (χ0) is 19.4. The van der Waals surface area contributed by atoms with E-state index in [2.05, 4.69) is 5.32 Å². The highest BCUT2D eigenvalue weighted by Crippen LogP contribution is 2.33. The Hall–Kier alpha value is -2.57. The maximum atomic E-state index is 13.2. The number of hydrogen-bond acceptors (Lipinski definition) is 4. The fourth-order valence-corrected chi connectivity index (χ4v) is 3.84. The van der Waals surface area contributed by atoms with Gasteiger partial charge in [0.1, 0.15) is 17.8 Å². The molecule has 1 aromatic rings. The maximum absolute atomic E-state index is 13.2. The molecule has 2 aliphatic rings. The van der Waals surface area contributed by atoms with Crippen molar-refractivity contribution in [1.82, 2.24) is 15.1 Å². The Labute approximate surface area is 159 Å². The van der Waals surface area contributed by atoms with Gasteiger partial charge in [-0.15, -0.1) is 0 Å². The highest BCUT2D eigenvalue weighted by molar-refractivity contribution is 6.09. The monoisotopic (exact) mass is 373 g/mol. The Bertz CT molecular complexity index is 710. The predicted octanol–water partition coefficient (Wildman–Crippen LogP) is 2.25. The van der Waals surface area contributed by atoms with Crippen LogP contribution in [0.2, 0.25) is 0 Å². The first-order valence-corrected chi connectivity index (χ1v) is 9.58. The van der Waals surface area contributed by atoms with E-state index >= 15 is 0 Å². The fourth-order valence-electron chi connectivity index (χ4n) is 3.84. The average molecular weight is 373 g/mol. The number of carbonyl (C=O) groups is 3. The van der Waals surface area contributed by atoms with Gasteiger partial charge in [0.25, 0.3) is 5.91 Å². The number of methoxy groups -OCH3 is 1. The van der Waals surface area contributed by atoms with E-state index in [0.29, 0.717) is 30.8 Å². The van der Waals surface area contributed by atoms with Crippen molar-refractivity contribution >= 4 is 17.8 Å². The molecule has 2 saturated heterocycles. The number of carbonyl (C=O) groups excluding carboxylic acids is 3. The van der Waals surface area contributed by atoms with Crippen LogP contribution in [0, 0.1) is 0 Å². The molecule has 2 fully saturated rings. The van der Waals surface area contributed by atoms with Crippen LogP contribution in [0.15, 0.2) is 24.3 Å². The van der Waals surface area contributed by atoms with Crippen LogP contribution >= 0.6 is 0 Å². The molecule has 1 unspecified atom stereocenters. The second-order valence-corrected chi connectivity index (χ2v) is 7.10. The van der Waals surface area contributed by atoms with E-state index in [1.165, 1.54) is 0 Å². The van der Waals surface area contributed by atoms with Crippen molar-refractivity contribution in [1.29, 1.82) is 0 Å². The number of nitrogens with zero attached hydrogens (tertiary/aromatic N) is 2. The molecule has 1 aromatic carbocycles. The van der Waals surface area contributed by atoms with Gasteiger partial charge in [0, 0.05) is 13.1 Å². The number of nitrogens with one attached hydrogen (secondary N) is 1. The summed E-state index contributed by atoms with van der Waals surface area (Å²) < 4.78 is 5.16. The molecule has 7 heteroatoms. The van der Waals surface area contributed by atoms with E-state index in [9.17, 15) is 14.4 Å². The average Bonchev–Trinajstić information content (AvgIpc) is 2.89. The third kappa shape index (κ3) is 3.63. The van der Waals surface area contributed by atoms with Crippen molar-refractivity contribution in [2.75, 3.05) is 26.7 Å². The highest BCUT2D eigenvalue weighted by Gasteiger charge is 2.51. The first kappa shape index (κ1) is 19.2. The normalized spacial score (nSPS) is 23.2. The lowest BCUT2D eigenvalue weighted by Gasteiger charge is -2.26. The number of rotatable bonds is 5. The third-order valence-corrected chi connectivity index (χ3v) is 5.54. The van der Waals surface area contributed by atoms with Gasteiger partial charge in [0.05, 0.1) is 7.11 Å². The predicted molar refractivity (Wildman–Crippen MR) is 100 cm³/mol. The third-order valence-electron chi connectivity index (χ3n) is 5.54. The molecule has 146 valence electrons. The van der Waals surface area contributed by atoms with Gasteiger partial charge >= 0.3 is 6.03 Å². The van der Waals surface area contributed by atoms with Gasteiger partial charge in [0.15, 0.2) is 0 Å². The summed E-state index contributed by atoms with van der Waals surface area (Å²) in [5.41, 5.74) is -0.448. The number of urea groups is 1. The Morgan fingerprint density at radius 2 is 1.74 bits per heavy atom. The minimum absolute atomic E-state index is 0.165. The molecule has 1 N–H and O–H groups in total. The van der Waals surface area contributed by atoms with Crippen LogP contribution < -0.4 is 10.1 Å². The molecule has 2 aliphatic heterocycles. The SMILES string of the molecule is CCC1(c2ccc(OC)cc2)NC(=O)N(CC(=O)N2CCCCCC2)C1=O. The molecule has 0 aliphatic carbocycles. The van der Waals surface area contributed by atoms with Gasteiger partial charge in [-0.25, -0.2) is 4.79 Å². The van der Waals surface area contributed by atoms with Crippen LogP contribution in [0.1, 0.15) is 44.6 Å². The fraction of sp³-hybridized carbons (Fsp3) is 0.550. The van der Waals surface area contributed by atoms with Crippen LogP contribution in [0.25, 0.3) is 0 Å². The van der Waals surface area contributed by atoms with Crippen LogP contribution in [-0.2, 0) is 15.1 Å². The molecule has 0 aromatic heterocycles. The molecule has 0 radical (unpaired) electrons. The smallest absolute Gasteiger partial charge is 0.325 e. The first-order chi connectivity index (χ1) is 13.0.